The average Bonchev–Trinajstić information content (AvgIpc) is 2.59. The molecule has 2 amide bonds. The SMILES string of the molecule is COC(=O)c1ccc(C(=O)OC)c(NC(=O)C(=O)N(C)CCO)c1. The summed E-state index contributed by atoms with van der Waals surface area (Å²) in [6.07, 6.45) is 0. The van der Waals surface area contributed by atoms with E-state index >= 15 is 0 Å². The van der Waals surface area contributed by atoms with Crippen molar-refractivity contribution in [3.8, 4) is 0 Å². The van der Waals surface area contributed by atoms with Gasteiger partial charge in [0.2, 0.25) is 0 Å². The van der Waals surface area contributed by atoms with Crippen molar-refractivity contribution >= 4 is 29.4 Å². The van der Waals surface area contributed by atoms with E-state index in [4.69, 9.17) is 5.11 Å². The van der Waals surface area contributed by atoms with Gasteiger partial charge in [-0.2, -0.15) is 0 Å². The lowest BCUT2D eigenvalue weighted by molar-refractivity contribution is -0.142. The minimum absolute atomic E-state index is 0.0295. The van der Waals surface area contributed by atoms with E-state index in [0.717, 1.165) is 12.0 Å². The van der Waals surface area contributed by atoms with Gasteiger partial charge in [-0.1, -0.05) is 0 Å². The third-order valence-corrected chi connectivity index (χ3v) is 3.07. The summed E-state index contributed by atoms with van der Waals surface area (Å²) in [6, 6.07) is 3.80. The zero-order valence-electron chi connectivity index (χ0n) is 13.5. The fraction of sp³-hybridized carbons (Fsp3) is 0.333. The van der Waals surface area contributed by atoms with Gasteiger partial charge in [0.1, 0.15) is 0 Å². The first-order chi connectivity index (χ1) is 11.3. The van der Waals surface area contributed by atoms with Crippen LogP contribution in [0, 0.1) is 0 Å². The first-order valence-corrected chi connectivity index (χ1v) is 6.83. The van der Waals surface area contributed by atoms with Crippen molar-refractivity contribution in [1.29, 1.82) is 0 Å². The highest BCUT2D eigenvalue weighted by atomic mass is 16.5. The number of carbonyl (C=O) groups is 4. The Morgan fingerprint density at radius 3 is 2.29 bits per heavy atom. The largest absolute Gasteiger partial charge is 0.465 e. The Morgan fingerprint density at radius 1 is 1.12 bits per heavy atom. The summed E-state index contributed by atoms with van der Waals surface area (Å²) in [6.45, 7) is -0.334. The topological polar surface area (TPSA) is 122 Å². The molecule has 0 aliphatic carbocycles. The molecule has 0 saturated carbocycles. The number of carbonyl (C=O) groups excluding carboxylic acids is 4. The van der Waals surface area contributed by atoms with E-state index < -0.39 is 23.8 Å². The Morgan fingerprint density at radius 2 is 1.75 bits per heavy atom. The molecule has 0 atom stereocenters. The highest BCUT2D eigenvalue weighted by molar-refractivity contribution is 6.39. The Labute approximate surface area is 138 Å². The molecule has 9 nitrogen and oxygen atoms in total. The minimum atomic E-state index is -1.03. The van der Waals surface area contributed by atoms with E-state index in [-0.39, 0.29) is 30.0 Å². The van der Waals surface area contributed by atoms with E-state index in [9.17, 15) is 19.2 Å². The van der Waals surface area contributed by atoms with Crippen molar-refractivity contribution in [2.45, 2.75) is 0 Å². The smallest absolute Gasteiger partial charge is 0.339 e. The summed E-state index contributed by atoms with van der Waals surface area (Å²) in [7, 11) is 3.68. The molecule has 0 bridgehead atoms. The Hall–Kier alpha value is -2.94. The standard InChI is InChI=1S/C15H18N2O7/c1-17(6-7-18)13(20)12(19)16-11-8-9(14(21)23-2)4-5-10(11)15(22)24-3/h4-5,8,18H,6-7H2,1-3H3,(H,16,19). The monoisotopic (exact) mass is 338 g/mol. The summed E-state index contributed by atoms with van der Waals surface area (Å²) in [5, 5.41) is 11.1. The molecule has 0 saturated heterocycles. The fourth-order valence-corrected chi connectivity index (χ4v) is 1.78. The number of hydrogen-bond donors (Lipinski definition) is 2. The molecule has 0 unspecified atom stereocenters. The van der Waals surface area contributed by atoms with Crippen molar-refractivity contribution < 1.29 is 33.8 Å². The number of likely N-dealkylation sites (N-methyl/N-ethyl adjacent to an activating group) is 1. The van der Waals surface area contributed by atoms with Gasteiger partial charge in [0.25, 0.3) is 0 Å². The zero-order chi connectivity index (χ0) is 18.3. The number of rotatable bonds is 5. The second-order valence-corrected chi connectivity index (χ2v) is 4.65. The number of amides is 2. The van der Waals surface area contributed by atoms with Gasteiger partial charge in [-0.25, -0.2) is 9.59 Å². The van der Waals surface area contributed by atoms with Gasteiger partial charge in [-0.3, -0.25) is 9.59 Å². The van der Waals surface area contributed by atoms with Crippen LogP contribution < -0.4 is 5.32 Å². The quantitative estimate of drug-likeness (QED) is 0.556. The van der Waals surface area contributed by atoms with Gasteiger partial charge in [-0.05, 0) is 18.2 Å². The first-order valence-electron chi connectivity index (χ1n) is 6.83. The Kier molecular flexibility index (Phi) is 6.87. The summed E-state index contributed by atoms with van der Waals surface area (Å²) < 4.78 is 9.17. The third kappa shape index (κ3) is 4.53. The number of aliphatic hydroxyl groups is 1. The predicted molar refractivity (Wildman–Crippen MR) is 82.5 cm³/mol. The van der Waals surface area contributed by atoms with Gasteiger partial charge < -0.3 is 24.8 Å². The molecule has 0 fully saturated rings. The van der Waals surface area contributed by atoms with Crippen LogP contribution in [0.25, 0.3) is 0 Å². The van der Waals surface area contributed by atoms with Gasteiger partial charge in [-0.15, -0.1) is 0 Å². The summed E-state index contributed by atoms with van der Waals surface area (Å²) >= 11 is 0. The van der Waals surface area contributed by atoms with E-state index in [2.05, 4.69) is 14.8 Å². The lowest BCUT2D eigenvalue weighted by atomic mass is 10.1. The van der Waals surface area contributed by atoms with Gasteiger partial charge in [0.05, 0.1) is 37.6 Å². The number of nitrogens with one attached hydrogen (secondary N) is 1. The van der Waals surface area contributed by atoms with E-state index in [1.54, 1.807) is 0 Å². The van der Waals surface area contributed by atoms with Crippen molar-refractivity contribution in [2.75, 3.05) is 39.7 Å². The number of ether oxygens (including phenoxy) is 2. The highest BCUT2D eigenvalue weighted by Gasteiger charge is 2.22. The van der Waals surface area contributed by atoms with Crippen LogP contribution in [-0.4, -0.2) is 68.2 Å². The van der Waals surface area contributed by atoms with E-state index in [1.807, 2.05) is 0 Å². The molecule has 9 heteroatoms. The number of nitrogens with zero attached hydrogens (tertiary/aromatic N) is 1. The zero-order valence-corrected chi connectivity index (χ0v) is 13.5. The van der Waals surface area contributed by atoms with Crippen LogP contribution in [0.4, 0.5) is 5.69 Å². The first kappa shape index (κ1) is 19.1. The summed E-state index contributed by atoms with van der Waals surface area (Å²) in [4.78, 5) is 48.2. The molecule has 0 aliphatic rings. The number of benzene rings is 1. The normalized spacial score (nSPS) is 9.83. The number of anilines is 1. The lowest BCUT2D eigenvalue weighted by Gasteiger charge is -2.16. The number of methoxy groups -OCH3 is 2. The second kappa shape index (κ2) is 8.63. The van der Waals surface area contributed by atoms with Crippen LogP contribution in [0.15, 0.2) is 18.2 Å². The average molecular weight is 338 g/mol. The van der Waals surface area contributed by atoms with Crippen molar-refractivity contribution in [3.05, 3.63) is 29.3 Å². The Balaban J connectivity index is 3.14. The summed E-state index contributed by atoms with van der Waals surface area (Å²) in [5.41, 5.74) is -0.0202. The van der Waals surface area contributed by atoms with Gasteiger partial charge >= 0.3 is 23.8 Å². The highest BCUT2D eigenvalue weighted by Crippen LogP contribution is 2.20. The van der Waals surface area contributed by atoms with Crippen molar-refractivity contribution in [2.24, 2.45) is 0 Å². The minimum Gasteiger partial charge on any atom is -0.465 e. The second-order valence-electron chi connectivity index (χ2n) is 4.65. The molecule has 1 aromatic rings. The maximum Gasteiger partial charge on any atom is 0.339 e. The van der Waals surface area contributed by atoms with Crippen LogP contribution in [0.2, 0.25) is 0 Å². The third-order valence-electron chi connectivity index (χ3n) is 3.07. The predicted octanol–water partition coefficient (Wildman–Crippen LogP) is -0.351. The maximum absolute atomic E-state index is 12.0. The van der Waals surface area contributed by atoms with Crippen molar-refractivity contribution in [3.63, 3.8) is 0 Å². The van der Waals surface area contributed by atoms with Gasteiger partial charge in [0.15, 0.2) is 0 Å². The molecule has 0 radical (unpaired) electrons. The molecule has 0 spiro atoms. The summed E-state index contributed by atoms with van der Waals surface area (Å²) in [5.74, 6) is -3.37. The van der Waals surface area contributed by atoms with Crippen LogP contribution >= 0.6 is 0 Å². The van der Waals surface area contributed by atoms with Crippen LogP contribution in [0.5, 0.6) is 0 Å². The molecule has 0 aromatic heterocycles. The number of aliphatic hydroxyl groups excluding tert-OH is 1. The van der Waals surface area contributed by atoms with Gasteiger partial charge in [0, 0.05) is 13.6 Å². The Bertz CT molecular complexity index is 657. The van der Waals surface area contributed by atoms with Crippen LogP contribution in [0.1, 0.15) is 20.7 Å². The van der Waals surface area contributed by atoms with E-state index in [0.29, 0.717) is 0 Å². The number of hydrogen-bond acceptors (Lipinski definition) is 7. The molecule has 1 rings (SSSR count). The molecular weight excluding hydrogens is 320 g/mol. The molecule has 1 aromatic carbocycles. The molecule has 24 heavy (non-hydrogen) atoms. The maximum atomic E-state index is 12.0. The molecule has 2 N–H and O–H groups in total. The van der Waals surface area contributed by atoms with Crippen LogP contribution in [0.3, 0.4) is 0 Å². The fourth-order valence-electron chi connectivity index (χ4n) is 1.78. The molecular formula is C15H18N2O7. The number of esters is 2. The molecule has 130 valence electrons. The lowest BCUT2D eigenvalue weighted by Crippen LogP contribution is -2.38. The molecule has 0 heterocycles. The van der Waals surface area contributed by atoms with Crippen molar-refractivity contribution in [1.82, 2.24) is 4.90 Å². The van der Waals surface area contributed by atoms with E-state index in [1.165, 1.54) is 32.4 Å². The molecule has 0 aliphatic heterocycles. The van der Waals surface area contributed by atoms with Crippen LogP contribution in [-0.2, 0) is 19.1 Å².